The minimum atomic E-state index is -0.921. The van der Waals surface area contributed by atoms with E-state index in [-0.39, 0.29) is 11.0 Å². The van der Waals surface area contributed by atoms with Crippen LogP contribution in [0.25, 0.3) is 11.1 Å². The standard InChI is InChI=1S/C28H26O2.C13H16.C4H6.2C2H6/c1-19-4-11-22(12-5-19)24-16-17-28(2,3)26-18-21(10-15-25(24)26)7-6-20-8-13-23(14-9-20)27(29)30;1-10-8-9-13(2,3)12-7-5-4-6-11(10)12;1-3-4-2;2*1-2/h4-5,8-16,18,25-26H,17H2,1-3H3,(H,29,30);4-8H,9H2,1-3H3;1-2H3;2*1-2H3. The summed E-state index contributed by atoms with van der Waals surface area (Å²) in [5.41, 5.74) is 10.9. The first kappa shape index (κ1) is 42.4. The third-order valence-electron chi connectivity index (χ3n) is 9.46. The molecule has 268 valence electrons. The molecule has 3 aromatic rings. The van der Waals surface area contributed by atoms with Crippen LogP contribution >= 0.6 is 0 Å². The summed E-state index contributed by atoms with van der Waals surface area (Å²) in [6.07, 6.45) is 13.7. The number of hydrogen-bond donors (Lipinski definition) is 1. The summed E-state index contributed by atoms with van der Waals surface area (Å²) < 4.78 is 0. The number of aromatic carboxylic acids is 1. The van der Waals surface area contributed by atoms with E-state index < -0.39 is 5.97 Å². The van der Waals surface area contributed by atoms with Crippen LogP contribution < -0.4 is 0 Å². The molecule has 0 radical (unpaired) electrons. The van der Waals surface area contributed by atoms with Gasteiger partial charge >= 0.3 is 5.97 Å². The van der Waals surface area contributed by atoms with E-state index in [1.54, 1.807) is 24.3 Å². The highest BCUT2D eigenvalue weighted by Gasteiger charge is 2.39. The van der Waals surface area contributed by atoms with Gasteiger partial charge in [0.2, 0.25) is 0 Å². The fourth-order valence-corrected chi connectivity index (χ4v) is 6.36. The van der Waals surface area contributed by atoms with Crippen LogP contribution in [0.2, 0.25) is 0 Å². The Morgan fingerprint density at radius 2 is 1.37 bits per heavy atom. The maximum atomic E-state index is 11.0. The van der Waals surface area contributed by atoms with Crippen molar-refractivity contribution in [3.05, 3.63) is 142 Å². The molecule has 3 aliphatic carbocycles. The van der Waals surface area contributed by atoms with Crippen molar-refractivity contribution in [3.8, 4) is 23.7 Å². The molecule has 0 saturated carbocycles. The lowest BCUT2D eigenvalue weighted by molar-refractivity contribution is 0.0697. The smallest absolute Gasteiger partial charge is 0.335 e. The Morgan fingerprint density at radius 1 is 0.765 bits per heavy atom. The second-order valence-electron chi connectivity index (χ2n) is 13.9. The first-order chi connectivity index (χ1) is 24.4. The van der Waals surface area contributed by atoms with Gasteiger partial charge in [0, 0.05) is 17.1 Å². The van der Waals surface area contributed by atoms with E-state index in [0.717, 1.165) is 24.0 Å². The number of allylic oxidation sites excluding steroid dienone is 8. The number of aryl methyl sites for hydroxylation is 1. The Bertz CT molecular complexity index is 1830. The lowest BCUT2D eigenvalue weighted by Gasteiger charge is -2.43. The van der Waals surface area contributed by atoms with Crippen molar-refractivity contribution in [2.45, 2.75) is 101 Å². The van der Waals surface area contributed by atoms with E-state index >= 15 is 0 Å². The van der Waals surface area contributed by atoms with Crippen LogP contribution in [0.4, 0.5) is 0 Å². The largest absolute Gasteiger partial charge is 0.478 e. The molecule has 0 aliphatic heterocycles. The highest BCUT2D eigenvalue weighted by Crippen LogP contribution is 2.50. The molecule has 0 amide bonds. The van der Waals surface area contributed by atoms with Gasteiger partial charge in [-0.25, -0.2) is 4.79 Å². The molecule has 2 heteroatoms. The van der Waals surface area contributed by atoms with Gasteiger partial charge in [-0.2, -0.15) is 0 Å². The predicted molar refractivity (Wildman–Crippen MR) is 222 cm³/mol. The van der Waals surface area contributed by atoms with Crippen molar-refractivity contribution in [3.63, 3.8) is 0 Å². The van der Waals surface area contributed by atoms with E-state index in [4.69, 9.17) is 5.11 Å². The van der Waals surface area contributed by atoms with Crippen molar-refractivity contribution in [2.24, 2.45) is 17.3 Å². The van der Waals surface area contributed by atoms with Crippen molar-refractivity contribution in [2.75, 3.05) is 0 Å². The van der Waals surface area contributed by atoms with Gasteiger partial charge in [-0.3, -0.25) is 0 Å². The highest BCUT2D eigenvalue weighted by atomic mass is 16.4. The fourth-order valence-electron chi connectivity index (χ4n) is 6.36. The summed E-state index contributed by atoms with van der Waals surface area (Å²) in [5.74, 6) is 11.6. The van der Waals surface area contributed by atoms with Crippen LogP contribution in [0, 0.1) is 47.9 Å². The van der Waals surface area contributed by atoms with Gasteiger partial charge in [-0.15, -0.1) is 11.8 Å². The Kier molecular flexibility index (Phi) is 16.7. The lowest BCUT2D eigenvalue weighted by atomic mass is 9.61. The average Bonchev–Trinajstić information content (AvgIpc) is 3.15. The minimum Gasteiger partial charge on any atom is -0.478 e. The molecule has 0 bridgehead atoms. The molecule has 51 heavy (non-hydrogen) atoms. The minimum absolute atomic E-state index is 0.166. The van der Waals surface area contributed by atoms with Gasteiger partial charge in [-0.1, -0.05) is 152 Å². The summed E-state index contributed by atoms with van der Waals surface area (Å²) in [4.78, 5) is 11.0. The van der Waals surface area contributed by atoms with Crippen LogP contribution in [0.1, 0.15) is 127 Å². The lowest BCUT2D eigenvalue weighted by Crippen LogP contribution is -2.33. The van der Waals surface area contributed by atoms with E-state index in [2.05, 4.69) is 144 Å². The van der Waals surface area contributed by atoms with Crippen molar-refractivity contribution in [1.29, 1.82) is 0 Å². The maximum absolute atomic E-state index is 11.0. The molecule has 3 aromatic carbocycles. The molecule has 2 atom stereocenters. The fraction of sp³-hybridized carbons (Fsp3) is 0.367. The molecule has 0 fully saturated rings. The van der Waals surface area contributed by atoms with E-state index in [1.807, 2.05) is 41.5 Å². The number of benzene rings is 3. The predicted octanol–water partition coefficient (Wildman–Crippen LogP) is 13.1. The molecular weight excluding hydrogens is 621 g/mol. The van der Waals surface area contributed by atoms with Crippen LogP contribution in [0.5, 0.6) is 0 Å². The third kappa shape index (κ3) is 11.6. The molecule has 1 N–H and O–H groups in total. The Morgan fingerprint density at radius 3 is 1.94 bits per heavy atom. The van der Waals surface area contributed by atoms with E-state index in [1.165, 1.54) is 33.4 Å². The molecular formula is C49H60O2. The zero-order valence-electron chi connectivity index (χ0n) is 33.2. The SMILES string of the molecule is CC.CC.CC#CC.CC1=CCC(C)(C)c2ccccc21.Cc1ccc(C2=CCC(C)(C)C3C=C(C#Cc4ccc(C(=O)O)cc4)C=CC23)cc1. The molecule has 2 unspecified atom stereocenters. The quantitative estimate of drug-likeness (QED) is 0.274. The van der Waals surface area contributed by atoms with Gasteiger partial charge in [0.1, 0.15) is 0 Å². The summed E-state index contributed by atoms with van der Waals surface area (Å²) in [7, 11) is 0. The van der Waals surface area contributed by atoms with Crippen molar-refractivity contribution >= 4 is 17.1 Å². The van der Waals surface area contributed by atoms with Crippen molar-refractivity contribution < 1.29 is 9.90 Å². The maximum Gasteiger partial charge on any atom is 0.335 e. The molecule has 3 aliphatic rings. The average molecular weight is 681 g/mol. The molecule has 0 spiro atoms. The van der Waals surface area contributed by atoms with Gasteiger partial charge in [-0.05, 0) is 109 Å². The van der Waals surface area contributed by atoms with Gasteiger partial charge in [0.25, 0.3) is 0 Å². The molecule has 0 aromatic heterocycles. The van der Waals surface area contributed by atoms with Crippen LogP contribution in [-0.2, 0) is 5.41 Å². The van der Waals surface area contributed by atoms with Crippen molar-refractivity contribution in [1.82, 2.24) is 0 Å². The summed E-state index contributed by atoms with van der Waals surface area (Å²) >= 11 is 0. The number of carbonyl (C=O) groups is 1. The highest BCUT2D eigenvalue weighted by molar-refractivity contribution is 5.87. The van der Waals surface area contributed by atoms with E-state index in [0.29, 0.717) is 17.3 Å². The summed E-state index contributed by atoms with van der Waals surface area (Å²) in [6.45, 7) is 25.3. The van der Waals surface area contributed by atoms with Gasteiger partial charge in [0.15, 0.2) is 0 Å². The zero-order valence-corrected chi connectivity index (χ0v) is 33.2. The Hall–Kier alpha value is -4.79. The zero-order chi connectivity index (χ0) is 38.2. The van der Waals surface area contributed by atoms with Gasteiger partial charge < -0.3 is 5.11 Å². The number of fused-ring (bicyclic) bond motifs is 2. The number of carboxylic acid groups (broad SMARTS) is 1. The van der Waals surface area contributed by atoms with Crippen LogP contribution in [-0.4, -0.2) is 11.1 Å². The van der Waals surface area contributed by atoms with Crippen LogP contribution in [0.3, 0.4) is 0 Å². The normalized spacial score (nSPS) is 18.1. The Balaban J connectivity index is 0.000000354. The summed E-state index contributed by atoms with van der Waals surface area (Å²) in [6, 6.07) is 24.3. The van der Waals surface area contributed by atoms with Gasteiger partial charge in [0.05, 0.1) is 5.56 Å². The second-order valence-corrected chi connectivity index (χ2v) is 13.9. The monoisotopic (exact) mass is 680 g/mol. The molecule has 6 rings (SSSR count). The third-order valence-corrected chi connectivity index (χ3v) is 9.46. The molecule has 2 nitrogen and oxygen atoms in total. The number of carboxylic acids is 1. The van der Waals surface area contributed by atoms with E-state index in [9.17, 15) is 4.79 Å². The number of hydrogen-bond acceptors (Lipinski definition) is 1. The Labute approximate surface area is 310 Å². The first-order valence-corrected chi connectivity index (χ1v) is 18.5. The second kappa shape index (κ2) is 20.2. The molecule has 0 heterocycles. The first-order valence-electron chi connectivity index (χ1n) is 18.5. The van der Waals surface area contributed by atoms with Crippen LogP contribution in [0.15, 0.2) is 109 Å². The molecule has 0 saturated heterocycles. The topological polar surface area (TPSA) is 37.3 Å². The summed E-state index contributed by atoms with van der Waals surface area (Å²) in [5, 5.41) is 9.03. The number of rotatable bonds is 2.